The van der Waals surface area contributed by atoms with Gasteiger partial charge in [-0.15, -0.1) is 0 Å². The molecule has 0 N–H and O–H groups in total. The number of aromatic nitrogens is 1. The van der Waals surface area contributed by atoms with Crippen molar-refractivity contribution in [3.8, 4) is 27.9 Å². The van der Waals surface area contributed by atoms with E-state index in [2.05, 4.69) is 252 Å². The molecule has 10 aromatic carbocycles. The van der Waals surface area contributed by atoms with Crippen LogP contribution in [-0.2, 0) is 5.41 Å². The molecule has 0 saturated heterocycles. The van der Waals surface area contributed by atoms with Crippen molar-refractivity contribution in [2.45, 2.75) is 5.41 Å². The molecule has 1 aliphatic carbocycles. The van der Waals surface area contributed by atoms with Crippen LogP contribution in [0.15, 0.2) is 243 Å². The molecule has 1 heterocycles. The van der Waals surface area contributed by atoms with Gasteiger partial charge in [0, 0.05) is 27.8 Å². The van der Waals surface area contributed by atoms with Gasteiger partial charge in [0.25, 0.3) is 0 Å². The van der Waals surface area contributed by atoms with E-state index in [1.54, 1.807) is 0 Å². The molecule has 0 unspecified atom stereocenters. The topological polar surface area (TPSA) is 8.17 Å². The van der Waals surface area contributed by atoms with Crippen molar-refractivity contribution < 1.29 is 0 Å². The summed E-state index contributed by atoms with van der Waals surface area (Å²) in [5.41, 5.74) is 16.2. The second-order valence-electron chi connectivity index (χ2n) is 16.1. The Labute approximate surface area is 355 Å². The molecule has 0 fully saturated rings. The van der Waals surface area contributed by atoms with Crippen LogP contribution in [0.4, 0.5) is 17.1 Å². The molecule has 2 nitrogen and oxygen atoms in total. The summed E-state index contributed by atoms with van der Waals surface area (Å²) in [6, 6.07) is 89.3. The Hall–Kier alpha value is -7.94. The zero-order valence-electron chi connectivity index (χ0n) is 33.5. The van der Waals surface area contributed by atoms with Gasteiger partial charge in [-0.3, -0.25) is 0 Å². The van der Waals surface area contributed by atoms with Crippen molar-refractivity contribution in [1.29, 1.82) is 0 Å². The fraction of sp³-hybridized carbons (Fsp3) is 0.0169. The number of hydrogen-bond acceptors (Lipinski definition) is 1. The molecule has 0 atom stereocenters. The van der Waals surface area contributed by atoms with Gasteiger partial charge >= 0.3 is 0 Å². The lowest BCUT2D eigenvalue weighted by molar-refractivity contribution is 0.768. The highest BCUT2D eigenvalue weighted by Gasteiger charge is 2.46. The van der Waals surface area contributed by atoms with E-state index < -0.39 is 5.41 Å². The Balaban J connectivity index is 1.22. The first-order chi connectivity index (χ1) is 30.3. The van der Waals surface area contributed by atoms with Crippen molar-refractivity contribution in [3.63, 3.8) is 0 Å². The van der Waals surface area contributed by atoms with Gasteiger partial charge in [-0.05, 0) is 110 Å². The van der Waals surface area contributed by atoms with Gasteiger partial charge in [-0.25, -0.2) is 0 Å². The number of hydrogen-bond donors (Lipinski definition) is 0. The van der Waals surface area contributed by atoms with Crippen LogP contribution in [0.2, 0.25) is 0 Å². The molecule has 286 valence electrons. The number of rotatable bonds is 7. The minimum absolute atomic E-state index is 0.538. The first kappa shape index (κ1) is 35.0. The molecule has 2 heteroatoms. The van der Waals surface area contributed by atoms with E-state index in [1.165, 1.54) is 66.0 Å². The third-order valence-corrected chi connectivity index (χ3v) is 12.8. The molecule has 0 bridgehead atoms. The minimum Gasteiger partial charge on any atom is -0.310 e. The third-order valence-electron chi connectivity index (χ3n) is 12.8. The Morgan fingerprint density at radius 3 is 1.69 bits per heavy atom. The Morgan fingerprint density at radius 1 is 0.361 bits per heavy atom. The fourth-order valence-corrected chi connectivity index (χ4v) is 10.2. The van der Waals surface area contributed by atoms with Crippen LogP contribution < -0.4 is 4.90 Å². The van der Waals surface area contributed by atoms with Gasteiger partial charge in [0.1, 0.15) is 0 Å². The number of para-hydroxylation sites is 2. The molecule has 0 spiro atoms. The zero-order valence-corrected chi connectivity index (χ0v) is 33.5. The Kier molecular flexibility index (Phi) is 8.11. The maximum Gasteiger partial charge on any atom is 0.0714 e. The van der Waals surface area contributed by atoms with Crippen LogP contribution in [0.25, 0.3) is 60.5 Å². The van der Waals surface area contributed by atoms with E-state index >= 15 is 0 Å². The van der Waals surface area contributed by atoms with Crippen LogP contribution in [-0.4, -0.2) is 4.57 Å². The lowest BCUT2D eigenvalue weighted by Crippen LogP contribution is -2.28. The van der Waals surface area contributed by atoms with Gasteiger partial charge in [0.15, 0.2) is 0 Å². The highest BCUT2D eigenvalue weighted by atomic mass is 15.1. The van der Waals surface area contributed by atoms with E-state index in [-0.39, 0.29) is 0 Å². The normalized spacial score (nSPS) is 12.7. The summed E-state index contributed by atoms with van der Waals surface area (Å²) in [5.74, 6) is 0. The average molecular weight is 777 g/mol. The second kappa shape index (κ2) is 14.1. The van der Waals surface area contributed by atoms with Gasteiger partial charge in [-0.1, -0.05) is 188 Å². The van der Waals surface area contributed by atoms with Gasteiger partial charge in [-0.2, -0.15) is 0 Å². The van der Waals surface area contributed by atoms with E-state index in [4.69, 9.17) is 0 Å². The molecule has 0 saturated carbocycles. The number of fused-ring (bicyclic) bond motifs is 7. The van der Waals surface area contributed by atoms with Crippen molar-refractivity contribution in [3.05, 3.63) is 265 Å². The molecular weight excluding hydrogens is 737 g/mol. The summed E-state index contributed by atoms with van der Waals surface area (Å²) < 4.78 is 2.44. The third kappa shape index (κ3) is 5.43. The summed E-state index contributed by atoms with van der Waals surface area (Å²) in [6.45, 7) is 0. The van der Waals surface area contributed by atoms with E-state index in [0.29, 0.717) is 0 Å². The molecule has 0 radical (unpaired) electrons. The molecule has 12 rings (SSSR count). The first-order valence-corrected chi connectivity index (χ1v) is 21.1. The van der Waals surface area contributed by atoms with Crippen molar-refractivity contribution in [2.24, 2.45) is 0 Å². The van der Waals surface area contributed by atoms with Crippen LogP contribution >= 0.6 is 0 Å². The molecule has 0 aliphatic heterocycles. The lowest BCUT2D eigenvalue weighted by atomic mass is 9.67. The second-order valence-corrected chi connectivity index (χ2v) is 16.1. The lowest BCUT2D eigenvalue weighted by Gasteiger charge is -2.35. The monoisotopic (exact) mass is 776 g/mol. The predicted octanol–water partition coefficient (Wildman–Crippen LogP) is 15.4. The first-order valence-electron chi connectivity index (χ1n) is 21.1. The summed E-state index contributed by atoms with van der Waals surface area (Å²) in [5, 5.41) is 4.82. The van der Waals surface area contributed by atoms with Crippen molar-refractivity contribution >= 4 is 49.6 Å². The number of nitrogens with zero attached hydrogens (tertiary/aromatic N) is 2. The smallest absolute Gasteiger partial charge is 0.0714 e. The van der Waals surface area contributed by atoms with Crippen LogP contribution in [0.3, 0.4) is 0 Å². The summed E-state index contributed by atoms with van der Waals surface area (Å²) in [7, 11) is 0. The zero-order chi connectivity index (χ0) is 40.3. The highest BCUT2D eigenvalue weighted by Crippen LogP contribution is 2.57. The summed E-state index contributed by atoms with van der Waals surface area (Å²) in [4.78, 5) is 2.52. The van der Waals surface area contributed by atoms with Crippen molar-refractivity contribution in [2.75, 3.05) is 4.90 Å². The SMILES string of the molecule is c1ccc(-c2cc(N(c3ccc4c(c3)C(c3ccccc3)(c3ccccc3)c3ccccc3-4)c3ccc4ccccc4c3)c3c4ccccc4n(-c4ccccc4)c3c2)cc1. The molecule has 11 aromatic rings. The summed E-state index contributed by atoms with van der Waals surface area (Å²) >= 11 is 0. The molecule has 1 aliphatic rings. The Bertz CT molecular complexity index is 3360. The van der Waals surface area contributed by atoms with Gasteiger partial charge in [0.05, 0.1) is 22.1 Å². The summed E-state index contributed by atoms with van der Waals surface area (Å²) in [6.07, 6.45) is 0. The van der Waals surface area contributed by atoms with Gasteiger partial charge < -0.3 is 9.47 Å². The number of anilines is 3. The van der Waals surface area contributed by atoms with E-state index in [0.717, 1.165) is 33.8 Å². The van der Waals surface area contributed by atoms with Gasteiger partial charge in [0.2, 0.25) is 0 Å². The molecule has 1 aromatic heterocycles. The van der Waals surface area contributed by atoms with Crippen LogP contribution in [0.1, 0.15) is 22.3 Å². The maximum absolute atomic E-state index is 2.52. The largest absolute Gasteiger partial charge is 0.310 e. The van der Waals surface area contributed by atoms with Crippen LogP contribution in [0.5, 0.6) is 0 Å². The van der Waals surface area contributed by atoms with E-state index in [1.807, 2.05) is 0 Å². The predicted molar refractivity (Wildman–Crippen MR) is 256 cm³/mol. The van der Waals surface area contributed by atoms with Crippen LogP contribution in [0, 0.1) is 0 Å². The minimum atomic E-state index is -0.538. The number of benzene rings is 10. The maximum atomic E-state index is 2.52. The quantitative estimate of drug-likeness (QED) is 0.156. The molecular formula is C59H40N2. The fourth-order valence-electron chi connectivity index (χ4n) is 10.2. The molecule has 61 heavy (non-hydrogen) atoms. The highest BCUT2D eigenvalue weighted by molar-refractivity contribution is 6.18. The standard InChI is InChI=1S/C59H40N2/c1-5-19-41(20-6-1)44-38-56(58-52-30-16-18-32-55(52)61(57(58)39-44)47-27-11-4-12-28-47)60(48-34-33-42-21-13-14-22-43(42)37-48)49-35-36-51-50-29-15-17-31-53(50)59(54(51)40-49,45-23-7-2-8-24-45)46-25-9-3-10-26-46/h1-40H. The Morgan fingerprint density at radius 2 is 0.934 bits per heavy atom. The van der Waals surface area contributed by atoms with E-state index in [9.17, 15) is 0 Å². The van der Waals surface area contributed by atoms with Crippen molar-refractivity contribution in [1.82, 2.24) is 4.57 Å². The molecule has 0 amide bonds. The average Bonchev–Trinajstić information content (AvgIpc) is 3.83.